The Morgan fingerprint density at radius 3 is 2.26 bits per heavy atom. The van der Waals surface area contributed by atoms with E-state index in [1.807, 2.05) is 0 Å². The Balaban J connectivity index is 2.95. The van der Waals surface area contributed by atoms with Crippen molar-refractivity contribution in [2.45, 2.75) is 53.4 Å². The number of aromatic nitrogens is 1. The van der Waals surface area contributed by atoms with Crippen LogP contribution in [-0.2, 0) is 0 Å². The molecular weight excluding hydrogens is 256 g/mol. The van der Waals surface area contributed by atoms with E-state index in [0.717, 1.165) is 35.1 Å². The summed E-state index contributed by atoms with van der Waals surface area (Å²) in [5.74, 6) is 1.00. The summed E-state index contributed by atoms with van der Waals surface area (Å²) in [6, 6.07) is 0. The van der Waals surface area contributed by atoms with Crippen LogP contribution in [0, 0.1) is 5.92 Å². The highest BCUT2D eigenvalue weighted by Crippen LogP contribution is 2.30. The Kier molecular flexibility index (Phi) is 6.49. The van der Waals surface area contributed by atoms with E-state index >= 15 is 0 Å². The SMILES string of the molecule is CCC(CC)CN(CC)c1nc(C(C)C)c(C=O)s1. The van der Waals surface area contributed by atoms with Gasteiger partial charge in [0.05, 0.1) is 10.6 Å². The Hall–Kier alpha value is -0.900. The molecule has 1 rings (SSSR count). The predicted octanol–water partition coefficient (Wildman–Crippen LogP) is 4.34. The van der Waals surface area contributed by atoms with Gasteiger partial charge in [-0.05, 0) is 18.8 Å². The molecule has 19 heavy (non-hydrogen) atoms. The van der Waals surface area contributed by atoms with Crippen LogP contribution in [0.3, 0.4) is 0 Å². The monoisotopic (exact) mass is 282 g/mol. The summed E-state index contributed by atoms with van der Waals surface area (Å²) in [7, 11) is 0. The smallest absolute Gasteiger partial charge is 0.186 e. The maximum Gasteiger partial charge on any atom is 0.186 e. The van der Waals surface area contributed by atoms with Gasteiger partial charge in [-0.1, -0.05) is 51.9 Å². The van der Waals surface area contributed by atoms with Crippen molar-refractivity contribution in [1.82, 2.24) is 4.98 Å². The van der Waals surface area contributed by atoms with Gasteiger partial charge in [-0.2, -0.15) is 0 Å². The normalized spacial score (nSPS) is 11.3. The molecule has 0 unspecified atom stereocenters. The van der Waals surface area contributed by atoms with Crippen molar-refractivity contribution in [3.8, 4) is 0 Å². The van der Waals surface area contributed by atoms with Crippen LogP contribution >= 0.6 is 11.3 Å². The second-order valence-corrected chi connectivity index (χ2v) is 6.25. The number of hydrogen-bond acceptors (Lipinski definition) is 4. The number of thiazole rings is 1. The second kappa shape index (κ2) is 7.63. The van der Waals surface area contributed by atoms with Crippen LogP contribution in [0.2, 0.25) is 0 Å². The van der Waals surface area contributed by atoms with Gasteiger partial charge in [-0.3, -0.25) is 4.79 Å². The Morgan fingerprint density at radius 2 is 1.89 bits per heavy atom. The van der Waals surface area contributed by atoms with Gasteiger partial charge in [-0.15, -0.1) is 0 Å². The molecular formula is C15H26N2OS. The number of aldehydes is 1. The van der Waals surface area contributed by atoms with Gasteiger partial charge >= 0.3 is 0 Å². The lowest BCUT2D eigenvalue weighted by Gasteiger charge is -2.24. The highest BCUT2D eigenvalue weighted by Gasteiger charge is 2.18. The summed E-state index contributed by atoms with van der Waals surface area (Å²) in [5.41, 5.74) is 0.943. The lowest BCUT2D eigenvalue weighted by atomic mass is 10.0. The average Bonchev–Trinajstić information content (AvgIpc) is 2.84. The molecule has 0 aliphatic carbocycles. The van der Waals surface area contributed by atoms with Gasteiger partial charge in [0.15, 0.2) is 11.4 Å². The largest absolute Gasteiger partial charge is 0.348 e. The quantitative estimate of drug-likeness (QED) is 0.665. The molecule has 0 aromatic carbocycles. The molecule has 0 N–H and O–H groups in total. The minimum absolute atomic E-state index is 0.303. The lowest BCUT2D eigenvalue weighted by Crippen LogP contribution is -2.28. The summed E-state index contributed by atoms with van der Waals surface area (Å²) in [6.45, 7) is 12.8. The highest BCUT2D eigenvalue weighted by molar-refractivity contribution is 7.17. The minimum atomic E-state index is 0.303. The van der Waals surface area contributed by atoms with E-state index in [4.69, 9.17) is 0 Å². The fourth-order valence-electron chi connectivity index (χ4n) is 2.17. The Bertz CT molecular complexity index is 397. The summed E-state index contributed by atoms with van der Waals surface area (Å²) >= 11 is 1.53. The highest BCUT2D eigenvalue weighted by atomic mass is 32.1. The van der Waals surface area contributed by atoms with E-state index in [9.17, 15) is 4.79 Å². The first-order valence-corrected chi connectivity index (χ1v) is 8.09. The molecule has 0 atom stereocenters. The van der Waals surface area contributed by atoms with Crippen molar-refractivity contribution in [2.24, 2.45) is 5.92 Å². The van der Waals surface area contributed by atoms with Crippen molar-refractivity contribution in [2.75, 3.05) is 18.0 Å². The third-order valence-electron chi connectivity index (χ3n) is 3.61. The van der Waals surface area contributed by atoms with Crippen molar-refractivity contribution < 1.29 is 4.79 Å². The number of hydrogen-bond donors (Lipinski definition) is 0. The molecule has 1 aromatic rings. The zero-order valence-electron chi connectivity index (χ0n) is 12.8. The molecule has 0 fully saturated rings. The van der Waals surface area contributed by atoms with E-state index in [1.54, 1.807) is 0 Å². The lowest BCUT2D eigenvalue weighted by molar-refractivity contribution is 0.112. The summed E-state index contributed by atoms with van der Waals surface area (Å²) in [5, 5.41) is 1.00. The Labute approximate surface area is 121 Å². The molecule has 4 heteroatoms. The first-order valence-electron chi connectivity index (χ1n) is 7.28. The molecule has 0 bridgehead atoms. The molecule has 0 saturated heterocycles. The molecule has 0 saturated carbocycles. The van der Waals surface area contributed by atoms with Gasteiger partial charge < -0.3 is 4.90 Å². The number of carbonyl (C=O) groups is 1. The van der Waals surface area contributed by atoms with Crippen LogP contribution < -0.4 is 4.90 Å². The molecule has 0 aliphatic heterocycles. The van der Waals surface area contributed by atoms with Crippen LogP contribution in [0.4, 0.5) is 5.13 Å². The van der Waals surface area contributed by atoms with Gasteiger partial charge in [-0.25, -0.2) is 4.98 Å². The first kappa shape index (κ1) is 16.2. The fraction of sp³-hybridized carbons (Fsp3) is 0.733. The molecule has 0 radical (unpaired) electrons. The molecule has 0 amide bonds. The number of nitrogens with zero attached hydrogens (tertiary/aromatic N) is 2. The van der Waals surface area contributed by atoms with E-state index in [0.29, 0.717) is 11.8 Å². The standard InChI is InChI=1S/C15H26N2OS/c1-6-12(7-2)9-17(8-3)15-16-14(11(4)5)13(10-18)19-15/h10-12H,6-9H2,1-5H3. The van der Waals surface area contributed by atoms with Crippen LogP contribution in [0.15, 0.2) is 0 Å². The summed E-state index contributed by atoms with van der Waals surface area (Å²) in [4.78, 5) is 18.9. The van der Waals surface area contributed by atoms with Crippen LogP contribution in [0.5, 0.6) is 0 Å². The second-order valence-electron chi connectivity index (χ2n) is 5.24. The number of rotatable bonds is 8. The molecule has 108 valence electrons. The maximum atomic E-state index is 11.1. The Morgan fingerprint density at radius 1 is 1.26 bits per heavy atom. The zero-order chi connectivity index (χ0) is 14.4. The van der Waals surface area contributed by atoms with Gasteiger partial charge in [0.25, 0.3) is 0 Å². The summed E-state index contributed by atoms with van der Waals surface area (Å²) in [6.07, 6.45) is 3.33. The molecule has 1 aromatic heterocycles. The van der Waals surface area contributed by atoms with Crippen LogP contribution in [0.25, 0.3) is 0 Å². The fourth-order valence-corrected chi connectivity index (χ4v) is 3.27. The number of anilines is 1. The molecule has 0 spiro atoms. The summed E-state index contributed by atoms with van der Waals surface area (Å²) < 4.78 is 0. The van der Waals surface area contributed by atoms with Gasteiger partial charge in [0.2, 0.25) is 0 Å². The predicted molar refractivity (Wildman–Crippen MR) is 83.5 cm³/mol. The van der Waals surface area contributed by atoms with Crippen LogP contribution in [-0.4, -0.2) is 24.4 Å². The van der Waals surface area contributed by atoms with Crippen molar-refractivity contribution >= 4 is 22.8 Å². The van der Waals surface area contributed by atoms with Gasteiger partial charge in [0, 0.05) is 13.1 Å². The molecule has 3 nitrogen and oxygen atoms in total. The van der Waals surface area contributed by atoms with Crippen LogP contribution in [0.1, 0.15) is 68.7 Å². The third-order valence-corrected chi connectivity index (χ3v) is 4.67. The van der Waals surface area contributed by atoms with E-state index in [1.165, 1.54) is 24.2 Å². The molecule has 0 aliphatic rings. The van der Waals surface area contributed by atoms with Crippen molar-refractivity contribution in [3.63, 3.8) is 0 Å². The topological polar surface area (TPSA) is 33.2 Å². The van der Waals surface area contributed by atoms with E-state index in [2.05, 4.69) is 44.5 Å². The average molecular weight is 282 g/mol. The minimum Gasteiger partial charge on any atom is -0.348 e. The third kappa shape index (κ3) is 4.03. The first-order chi connectivity index (χ1) is 9.07. The van der Waals surface area contributed by atoms with Crippen molar-refractivity contribution in [3.05, 3.63) is 10.6 Å². The van der Waals surface area contributed by atoms with E-state index < -0.39 is 0 Å². The maximum absolute atomic E-state index is 11.1. The molecule has 1 heterocycles. The van der Waals surface area contributed by atoms with E-state index in [-0.39, 0.29) is 0 Å². The zero-order valence-corrected chi connectivity index (χ0v) is 13.6. The number of carbonyl (C=O) groups excluding carboxylic acids is 1. The van der Waals surface area contributed by atoms with Gasteiger partial charge in [0.1, 0.15) is 0 Å². The van der Waals surface area contributed by atoms with Crippen molar-refractivity contribution in [1.29, 1.82) is 0 Å².